The molecule has 140 valence electrons. The number of carbonyl (C=O) groups is 1. The van der Waals surface area contributed by atoms with Crippen molar-refractivity contribution >= 4 is 16.8 Å². The van der Waals surface area contributed by atoms with E-state index in [-0.39, 0.29) is 5.91 Å². The maximum atomic E-state index is 12.9. The average molecular weight is 361 g/mol. The van der Waals surface area contributed by atoms with Crippen LogP contribution in [-0.2, 0) is 0 Å². The molecule has 0 fully saturated rings. The molecule has 0 saturated carbocycles. The highest BCUT2D eigenvalue weighted by atomic mass is 16.1. The predicted octanol–water partition coefficient (Wildman–Crippen LogP) is 5.60. The number of nitrogens with zero attached hydrogens (tertiary/aromatic N) is 1. The number of hydrogen-bond donors (Lipinski definition) is 1. The SMILES string of the molecule is Cc1ccc2nc(-c3ccc(C)c(C)c3)cc(C(=O)NCCC(C)C)c2c1. The largest absolute Gasteiger partial charge is 0.352 e. The molecule has 0 radical (unpaired) electrons. The van der Waals surface area contributed by atoms with E-state index in [0.717, 1.165) is 34.1 Å². The number of fused-ring (bicyclic) bond motifs is 1. The molecular weight excluding hydrogens is 332 g/mol. The summed E-state index contributed by atoms with van der Waals surface area (Å²) in [5.41, 5.74) is 7.02. The molecule has 0 spiro atoms. The van der Waals surface area contributed by atoms with Crippen molar-refractivity contribution in [3.8, 4) is 11.3 Å². The van der Waals surface area contributed by atoms with Gasteiger partial charge in [-0.15, -0.1) is 0 Å². The lowest BCUT2D eigenvalue weighted by molar-refractivity contribution is 0.0953. The number of aryl methyl sites for hydroxylation is 3. The molecule has 0 unspecified atom stereocenters. The van der Waals surface area contributed by atoms with Gasteiger partial charge in [-0.2, -0.15) is 0 Å². The Morgan fingerprint density at radius 1 is 1.00 bits per heavy atom. The van der Waals surface area contributed by atoms with Crippen LogP contribution in [0.2, 0.25) is 0 Å². The van der Waals surface area contributed by atoms with E-state index in [1.165, 1.54) is 11.1 Å². The Balaban J connectivity index is 2.07. The standard InChI is InChI=1S/C24H28N2O/c1-15(2)10-11-25-24(27)21-14-23(19-8-7-17(4)18(5)13-19)26-22-9-6-16(3)12-20(21)22/h6-9,12-15H,10-11H2,1-5H3,(H,25,27). The van der Waals surface area contributed by atoms with Gasteiger partial charge >= 0.3 is 0 Å². The van der Waals surface area contributed by atoms with Gasteiger partial charge in [-0.25, -0.2) is 4.98 Å². The summed E-state index contributed by atoms with van der Waals surface area (Å²) in [6.45, 7) is 11.2. The van der Waals surface area contributed by atoms with Crippen molar-refractivity contribution in [2.75, 3.05) is 6.54 Å². The summed E-state index contributed by atoms with van der Waals surface area (Å²) in [4.78, 5) is 17.7. The van der Waals surface area contributed by atoms with Crippen LogP contribution in [0.15, 0.2) is 42.5 Å². The number of aromatic nitrogens is 1. The van der Waals surface area contributed by atoms with Crippen LogP contribution in [0.3, 0.4) is 0 Å². The van der Waals surface area contributed by atoms with Gasteiger partial charge in [0.25, 0.3) is 5.91 Å². The third-order valence-corrected chi connectivity index (χ3v) is 5.02. The van der Waals surface area contributed by atoms with Crippen LogP contribution in [0.25, 0.3) is 22.2 Å². The van der Waals surface area contributed by atoms with Gasteiger partial charge in [-0.1, -0.05) is 37.6 Å². The summed E-state index contributed by atoms with van der Waals surface area (Å²) in [5, 5.41) is 3.98. The minimum Gasteiger partial charge on any atom is -0.352 e. The minimum absolute atomic E-state index is 0.0290. The van der Waals surface area contributed by atoms with Crippen LogP contribution >= 0.6 is 0 Å². The highest BCUT2D eigenvalue weighted by Gasteiger charge is 2.14. The molecular formula is C24H28N2O. The zero-order valence-electron chi connectivity index (χ0n) is 16.9. The van der Waals surface area contributed by atoms with E-state index in [0.29, 0.717) is 18.0 Å². The molecule has 3 heteroatoms. The van der Waals surface area contributed by atoms with Gasteiger partial charge in [0.1, 0.15) is 0 Å². The molecule has 0 atom stereocenters. The number of carbonyl (C=O) groups excluding carboxylic acids is 1. The zero-order valence-corrected chi connectivity index (χ0v) is 16.9. The fourth-order valence-electron chi connectivity index (χ4n) is 3.15. The van der Waals surface area contributed by atoms with Crippen molar-refractivity contribution in [1.29, 1.82) is 0 Å². The van der Waals surface area contributed by atoms with E-state index in [9.17, 15) is 4.79 Å². The lowest BCUT2D eigenvalue weighted by Gasteiger charge is -2.12. The van der Waals surface area contributed by atoms with Crippen LogP contribution < -0.4 is 5.32 Å². The van der Waals surface area contributed by atoms with Gasteiger partial charge in [-0.05, 0) is 68.5 Å². The Hall–Kier alpha value is -2.68. The molecule has 2 aromatic carbocycles. The molecule has 1 heterocycles. The van der Waals surface area contributed by atoms with Gasteiger partial charge in [-0.3, -0.25) is 4.79 Å². The maximum Gasteiger partial charge on any atom is 0.252 e. The second kappa shape index (κ2) is 7.91. The summed E-state index contributed by atoms with van der Waals surface area (Å²) in [7, 11) is 0. The predicted molar refractivity (Wildman–Crippen MR) is 113 cm³/mol. The summed E-state index contributed by atoms with van der Waals surface area (Å²) in [5.74, 6) is 0.534. The van der Waals surface area contributed by atoms with Crippen LogP contribution in [0, 0.1) is 26.7 Å². The highest BCUT2D eigenvalue weighted by Crippen LogP contribution is 2.27. The Kier molecular flexibility index (Phi) is 5.59. The Labute approximate surface area is 161 Å². The summed E-state index contributed by atoms with van der Waals surface area (Å²) in [6.07, 6.45) is 0.970. The second-order valence-corrected chi connectivity index (χ2v) is 7.81. The molecule has 0 aliphatic rings. The van der Waals surface area contributed by atoms with E-state index in [2.05, 4.69) is 51.2 Å². The fourth-order valence-corrected chi connectivity index (χ4v) is 3.15. The molecule has 1 aromatic heterocycles. The topological polar surface area (TPSA) is 42.0 Å². The number of rotatable bonds is 5. The van der Waals surface area contributed by atoms with E-state index in [1.54, 1.807) is 0 Å². The van der Waals surface area contributed by atoms with Gasteiger partial charge in [0.05, 0.1) is 16.8 Å². The first-order valence-electron chi connectivity index (χ1n) is 9.62. The Morgan fingerprint density at radius 2 is 1.78 bits per heavy atom. The monoisotopic (exact) mass is 360 g/mol. The molecule has 1 N–H and O–H groups in total. The smallest absolute Gasteiger partial charge is 0.252 e. The molecule has 0 aliphatic carbocycles. The fraction of sp³-hybridized carbons (Fsp3) is 0.333. The van der Waals surface area contributed by atoms with Crippen LogP contribution in [-0.4, -0.2) is 17.4 Å². The molecule has 27 heavy (non-hydrogen) atoms. The summed E-state index contributed by atoms with van der Waals surface area (Å²) < 4.78 is 0. The van der Waals surface area contributed by atoms with E-state index in [1.807, 2.05) is 31.2 Å². The number of nitrogens with one attached hydrogen (secondary N) is 1. The minimum atomic E-state index is -0.0290. The van der Waals surface area contributed by atoms with Crippen molar-refractivity contribution in [1.82, 2.24) is 10.3 Å². The number of pyridine rings is 1. The molecule has 3 nitrogen and oxygen atoms in total. The molecule has 1 amide bonds. The lowest BCUT2D eigenvalue weighted by atomic mass is 9.99. The highest BCUT2D eigenvalue weighted by molar-refractivity contribution is 6.07. The van der Waals surface area contributed by atoms with Crippen molar-refractivity contribution in [3.63, 3.8) is 0 Å². The third kappa shape index (κ3) is 4.36. The summed E-state index contributed by atoms with van der Waals surface area (Å²) in [6, 6.07) is 14.3. The van der Waals surface area contributed by atoms with Gasteiger partial charge < -0.3 is 5.32 Å². The lowest BCUT2D eigenvalue weighted by Crippen LogP contribution is -2.25. The van der Waals surface area contributed by atoms with Crippen LogP contribution in [0.4, 0.5) is 0 Å². The van der Waals surface area contributed by atoms with Gasteiger partial charge in [0.2, 0.25) is 0 Å². The van der Waals surface area contributed by atoms with Crippen molar-refractivity contribution in [2.45, 2.75) is 41.0 Å². The third-order valence-electron chi connectivity index (χ3n) is 5.02. The number of amides is 1. The quantitative estimate of drug-likeness (QED) is 0.643. The molecule has 3 aromatic rings. The average Bonchev–Trinajstić information content (AvgIpc) is 2.62. The van der Waals surface area contributed by atoms with E-state index < -0.39 is 0 Å². The van der Waals surface area contributed by atoms with Crippen molar-refractivity contribution in [3.05, 3.63) is 64.7 Å². The molecule has 0 saturated heterocycles. The van der Waals surface area contributed by atoms with Crippen molar-refractivity contribution in [2.24, 2.45) is 5.92 Å². The van der Waals surface area contributed by atoms with E-state index >= 15 is 0 Å². The first kappa shape index (κ1) is 19.1. The number of hydrogen-bond acceptors (Lipinski definition) is 2. The van der Waals surface area contributed by atoms with E-state index in [4.69, 9.17) is 4.98 Å². The van der Waals surface area contributed by atoms with Crippen molar-refractivity contribution < 1.29 is 4.79 Å². The van der Waals surface area contributed by atoms with Crippen LogP contribution in [0.5, 0.6) is 0 Å². The molecule has 0 bridgehead atoms. The Bertz CT molecular complexity index is 989. The molecule has 3 rings (SSSR count). The van der Waals surface area contributed by atoms with Crippen LogP contribution in [0.1, 0.15) is 47.3 Å². The normalized spacial score (nSPS) is 11.2. The first-order valence-corrected chi connectivity index (χ1v) is 9.62. The second-order valence-electron chi connectivity index (χ2n) is 7.81. The number of benzene rings is 2. The maximum absolute atomic E-state index is 12.9. The van der Waals surface area contributed by atoms with Gasteiger partial charge in [0, 0.05) is 17.5 Å². The zero-order chi connectivity index (χ0) is 19.6. The Morgan fingerprint density at radius 3 is 2.48 bits per heavy atom. The molecule has 0 aliphatic heterocycles. The summed E-state index contributed by atoms with van der Waals surface area (Å²) >= 11 is 0. The van der Waals surface area contributed by atoms with Gasteiger partial charge in [0.15, 0.2) is 0 Å². The first-order chi connectivity index (χ1) is 12.8.